The van der Waals surface area contributed by atoms with E-state index < -0.39 is 0 Å². The Morgan fingerprint density at radius 1 is 1.33 bits per heavy atom. The van der Waals surface area contributed by atoms with E-state index in [4.69, 9.17) is 10.5 Å². The first kappa shape index (κ1) is 14.9. The van der Waals surface area contributed by atoms with Crippen LogP contribution in [-0.2, 0) is 4.74 Å². The highest BCUT2D eigenvalue weighted by Gasteiger charge is 2.31. The zero-order valence-electron chi connectivity index (χ0n) is 12.3. The Kier molecular flexibility index (Phi) is 4.50. The van der Waals surface area contributed by atoms with Crippen molar-refractivity contribution in [1.82, 2.24) is 4.90 Å². The maximum absolute atomic E-state index is 6.14. The van der Waals surface area contributed by atoms with Crippen LogP contribution in [0.4, 0.5) is 0 Å². The molecule has 1 aliphatic carbocycles. The van der Waals surface area contributed by atoms with Gasteiger partial charge in [0.2, 0.25) is 0 Å². The van der Waals surface area contributed by atoms with E-state index in [0.717, 1.165) is 37.0 Å². The molecule has 21 heavy (non-hydrogen) atoms. The molecule has 2 N–H and O–H groups in total. The first-order valence-corrected chi connectivity index (χ1v) is 8.36. The lowest BCUT2D eigenvalue weighted by atomic mass is 9.76. The number of guanidine groups is 1. The van der Waals surface area contributed by atoms with Crippen LogP contribution in [0, 0.1) is 0 Å². The van der Waals surface area contributed by atoms with Gasteiger partial charge in [0.05, 0.1) is 18.8 Å². The third-order valence-corrected chi connectivity index (χ3v) is 4.86. The molecule has 1 aromatic carbocycles. The highest BCUT2D eigenvalue weighted by molar-refractivity contribution is 9.10. The van der Waals surface area contributed by atoms with Crippen molar-refractivity contribution >= 4 is 21.9 Å². The van der Waals surface area contributed by atoms with Crippen molar-refractivity contribution in [2.75, 3.05) is 19.7 Å². The van der Waals surface area contributed by atoms with E-state index in [1.54, 1.807) is 0 Å². The molecule has 4 nitrogen and oxygen atoms in total. The third kappa shape index (κ3) is 3.58. The summed E-state index contributed by atoms with van der Waals surface area (Å²) in [7, 11) is 0. The van der Waals surface area contributed by atoms with Crippen LogP contribution in [0.5, 0.6) is 0 Å². The van der Waals surface area contributed by atoms with Crippen molar-refractivity contribution in [3.8, 4) is 0 Å². The summed E-state index contributed by atoms with van der Waals surface area (Å²) in [4.78, 5) is 6.83. The average molecular weight is 352 g/mol. The zero-order chi connectivity index (χ0) is 14.8. The van der Waals surface area contributed by atoms with Gasteiger partial charge in [0, 0.05) is 17.6 Å². The summed E-state index contributed by atoms with van der Waals surface area (Å²) in [5.74, 6) is 1.31. The predicted molar refractivity (Wildman–Crippen MR) is 88.5 cm³/mol. The molecule has 1 heterocycles. The Bertz CT molecular complexity index is 511. The van der Waals surface area contributed by atoms with E-state index in [-0.39, 0.29) is 6.10 Å². The minimum absolute atomic E-state index is 0.240. The lowest BCUT2D eigenvalue weighted by Crippen LogP contribution is -2.48. The number of morpholine rings is 1. The van der Waals surface area contributed by atoms with E-state index in [2.05, 4.69) is 57.0 Å². The van der Waals surface area contributed by atoms with E-state index in [0.29, 0.717) is 17.9 Å². The molecule has 3 rings (SSSR count). The second-order valence-electron chi connectivity index (χ2n) is 5.99. The number of hydrogen-bond acceptors (Lipinski definition) is 2. The Hall–Kier alpha value is -1.07. The predicted octanol–water partition coefficient (Wildman–Crippen LogP) is 2.73. The molecule has 114 valence electrons. The number of nitrogens with zero attached hydrogens (tertiary/aromatic N) is 2. The zero-order valence-corrected chi connectivity index (χ0v) is 13.9. The van der Waals surface area contributed by atoms with Crippen molar-refractivity contribution in [3.05, 3.63) is 34.3 Å². The first-order chi connectivity index (χ1) is 10.1. The monoisotopic (exact) mass is 351 g/mol. The van der Waals surface area contributed by atoms with Gasteiger partial charge < -0.3 is 15.4 Å². The summed E-state index contributed by atoms with van der Waals surface area (Å²) >= 11 is 3.47. The molecule has 2 fully saturated rings. The van der Waals surface area contributed by atoms with E-state index in [1.807, 2.05) is 0 Å². The van der Waals surface area contributed by atoms with Gasteiger partial charge >= 0.3 is 0 Å². The summed E-state index contributed by atoms with van der Waals surface area (Å²) in [5.41, 5.74) is 7.54. The second kappa shape index (κ2) is 6.36. The van der Waals surface area contributed by atoms with Crippen LogP contribution in [0.3, 0.4) is 0 Å². The molecule has 1 saturated carbocycles. The fourth-order valence-electron chi connectivity index (χ4n) is 3.00. The molecule has 1 saturated heterocycles. The number of rotatable bonds is 2. The molecule has 1 unspecified atom stereocenters. The second-order valence-corrected chi connectivity index (χ2v) is 6.90. The molecule has 1 aromatic rings. The summed E-state index contributed by atoms with van der Waals surface area (Å²) in [6, 6.07) is 8.98. The van der Waals surface area contributed by atoms with Crippen LogP contribution < -0.4 is 5.73 Å². The third-order valence-electron chi connectivity index (χ3n) is 4.33. The lowest BCUT2D eigenvalue weighted by molar-refractivity contribution is 0.00512. The van der Waals surface area contributed by atoms with Crippen LogP contribution in [-0.4, -0.2) is 42.7 Å². The normalized spacial score (nSPS) is 30.1. The average Bonchev–Trinajstić information content (AvgIpc) is 2.43. The van der Waals surface area contributed by atoms with Gasteiger partial charge in [0.1, 0.15) is 0 Å². The Labute approximate surface area is 134 Å². The number of aliphatic imine (C=N–C) groups is 1. The van der Waals surface area contributed by atoms with Gasteiger partial charge in [-0.2, -0.15) is 0 Å². The summed E-state index contributed by atoms with van der Waals surface area (Å²) in [5, 5.41) is 0. The molecule has 2 aliphatic rings. The minimum Gasteiger partial charge on any atom is -0.375 e. The van der Waals surface area contributed by atoms with Gasteiger partial charge in [-0.1, -0.05) is 28.1 Å². The maximum atomic E-state index is 6.14. The fourth-order valence-corrected chi connectivity index (χ4v) is 3.26. The van der Waals surface area contributed by atoms with Crippen LogP contribution in [0.2, 0.25) is 0 Å². The van der Waals surface area contributed by atoms with Crippen LogP contribution in [0.1, 0.15) is 31.2 Å². The number of benzene rings is 1. The first-order valence-electron chi connectivity index (χ1n) is 7.57. The molecular formula is C16H22BrN3O. The van der Waals surface area contributed by atoms with Gasteiger partial charge in [0.15, 0.2) is 5.96 Å². The standard InChI is InChI=1S/C16H22BrN3O/c1-11-10-20(6-7-21-11)16(18)19-15-8-13(9-15)12-2-4-14(17)5-3-12/h2-5,11,13,15H,6-10H2,1H3,(H2,18,19). The molecule has 0 spiro atoms. The summed E-state index contributed by atoms with van der Waals surface area (Å²) in [6.45, 7) is 4.51. The van der Waals surface area contributed by atoms with E-state index in [9.17, 15) is 0 Å². The molecule has 0 radical (unpaired) electrons. The van der Waals surface area contributed by atoms with Crippen LogP contribution in [0.15, 0.2) is 33.7 Å². The highest BCUT2D eigenvalue weighted by Crippen LogP contribution is 2.39. The van der Waals surface area contributed by atoms with Gasteiger partial charge in [-0.25, -0.2) is 4.99 Å². The number of hydrogen-bond donors (Lipinski definition) is 1. The van der Waals surface area contributed by atoms with Crippen molar-refractivity contribution in [3.63, 3.8) is 0 Å². The van der Waals surface area contributed by atoms with Crippen molar-refractivity contribution < 1.29 is 4.74 Å². The van der Waals surface area contributed by atoms with Gasteiger partial charge in [-0.15, -0.1) is 0 Å². The van der Waals surface area contributed by atoms with Crippen molar-refractivity contribution in [1.29, 1.82) is 0 Å². The van der Waals surface area contributed by atoms with Crippen molar-refractivity contribution in [2.45, 2.75) is 37.8 Å². The van der Waals surface area contributed by atoms with Crippen molar-refractivity contribution in [2.24, 2.45) is 10.7 Å². The molecule has 1 aliphatic heterocycles. The van der Waals surface area contributed by atoms with Gasteiger partial charge in [-0.3, -0.25) is 0 Å². The largest absolute Gasteiger partial charge is 0.375 e. The van der Waals surface area contributed by atoms with Gasteiger partial charge in [0.25, 0.3) is 0 Å². The number of ether oxygens (including phenoxy) is 1. The molecule has 0 bridgehead atoms. The summed E-state index contributed by atoms with van der Waals surface area (Å²) in [6.07, 6.45) is 2.44. The number of nitrogens with two attached hydrogens (primary N) is 1. The van der Waals surface area contributed by atoms with Crippen LogP contribution in [0.25, 0.3) is 0 Å². The highest BCUT2D eigenvalue weighted by atomic mass is 79.9. The minimum atomic E-state index is 0.240. The topological polar surface area (TPSA) is 50.8 Å². The lowest BCUT2D eigenvalue weighted by Gasteiger charge is -2.36. The van der Waals surface area contributed by atoms with E-state index >= 15 is 0 Å². The molecule has 0 aromatic heterocycles. The molecule has 5 heteroatoms. The Morgan fingerprint density at radius 3 is 2.71 bits per heavy atom. The Balaban J connectivity index is 1.53. The van der Waals surface area contributed by atoms with Crippen LogP contribution >= 0.6 is 15.9 Å². The maximum Gasteiger partial charge on any atom is 0.191 e. The molecule has 1 atom stereocenters. The van der Waals surface area contributed by atoms with Gasteiger partial charge in [-0.05, 0) is 43.4 Å². The quantitative estimate of drug-likeness (QED) is 0.658. The Morgan fingerprint density at radius 2 is 2.05 bits per heavy atom. The van der Waals surface area contributed by atoms with E-state index in [1.165, 1.54) is 5.56 Å². The smallest absolute Gasteiger partial charge is 0.191 e. The summed E-state index contributed by atoms with van der Waals surface area (Å²) < 4.78 is 6.66. The molecular weight excluding hydrogens is 330 g/mol. The molecule has 0 amide bonds. The number of halogens is 1. The SMILES string of the molecule is CC1CN(C(N)=NC2CC(c3ccc(Br)cc3)C2)CCO1. The fraction of sp³-hybridized carbons (Fsp3) is 0.562.